The summed E-state index contributed by atoms with van der Waals surface area (Å²) in [5.41, 5.74) is 3.58. The molecule has 0 radical (unpaired) electrons. The van der Waals surface area contributed by atoms with Gasteiger partial charge in [-0.1, -0.05) is 6.92 Å². The van der Waals surface area contributed by atoms with Crippen molar-refractivity contribution >= 4 is 15.9 Å². The number of hydrazine groups is 1. The second-order valence-electron chi connectivity index (χ2n) is 4.07. The van der Waals surface area contributed by atoms with E-state index in [1.165, 1.54) is 0 Å². The smallest absolute Gasteiger partial charge is 0.261 e. The van der Waals surface area contributed by atoms with Gasteiger partial charge in [0.05, 0.1) is 22.4 Å². The van der Waals surface area contributed by atoms with Crippen LogP contribution in [0.25, 0.3) is 0 Å². The molecule has 0 saturated heterocycles. The van der Waals surface area contributed by atoms with Crippen molar-refractivity contribution in [3.63, 3.8) is 0 Å². The van der Waals surface area contributed by atoms with Crippen LogP contribution in [0.15, 0.2) is 10.7 Å². The molecule has 1 aromatic heterocycles. The van der Waals surface area contributed by atoms with Crippen LogP contribution in [0.4, 0.5) is 8.78 Å². The molecule has 0 aliphatic rings. The molecule has 1 atom stereocenters. The fourth-order valence-corrected chi connectivity index (χ4v) is 2.35. The lowest BCUT2D eigenvalue weighted by Crippen LogP contribution is -2.31. The number of hydrogen-bond acceptors (Lipinski definition) is 4. The molecule has 0 aliphatic carbocycles. The third kappa shape index (κ3) is 5.13. The van der Waals surface area contributed by atoms with E-state index in [1.807, 2.05) is 4.68 Å². The second-order valence-corrected chi connectivity index (χ2v) is 4.93. The molecule has 1 rings (SSSR count). The highest BCUT2D eigenvalue weighted by Crippen LogP contribution is 2.25. The molecule has 0 amide bonds. The van der Waals surface area contributed by atoms with Gasteiger partial charge in [0.25, 0.3) is 6.43 Å². The summed E-state index contributed by atoms with van der Waals surface area (Å²) in [7, 11) is 0. The van der Waals surface area contributed by atoms with Crippen LogP contribution in [0, 0.1) is 0 Å². The van der Waals surface area contributed by atoms with Crippen molar-refractivity contribution in [2.24, 2.45) is 5.84 Å². The maximum Gasteiger partial charge on any atom is 0.261 e. The zero-order valence-electron chi connectivity index (χ0n) is 10.8. The van der Waals surface area contributed by atoms with Gasteiger partial charge in [0.15, 0.2) is 0 Å². The fourth-order valence-electron chi connectivity index (χ4n) is 1.78. The van der Waals surface area contributed by atoms with Crippen LogP contribution in [0.1, 0.15) is 31.5 Å². The number of aromatic nitrogens is 2. The molecule has 5 nitrogen and oxygen atoms in total. The maximum atomic E-state index is 12.0. The SMILES string of the molecule is CCCn1ncc(Br)c1C(CCOCC(F)F)NN. The van der Waals surface area contributed by atoms with E-state index in [0.29, 0.717) is 6.42 Å². The zero-order chi connectivity index (χ0) is 14.3. The standard InChI is InChI=1S/C11H19BrF2N4O/c1-2-4-18-11(8(12)6-16-18)9(17-15)3-5-19-7-10(13)14/h6,9-10,17H,2-5,7,15H2,1H3. The molecule has 0 aliphatic heterocycles. The first kappa shape index (κ1) is 16.5. The van der Waals surface area contributed by atoms with Gasteiger partial charge in [0.1, 0.15) is 6.61 Å². The number of rotatable bonds is 9. The lowest BCUT2D eigenvalue weighted by molar-refractivity contribution is 0.0141. The van der Waals surface area contributed by atoms with Gasteiger partial charge < -0.3 is 4.74 Å². The lowest BCUT2D eigenvalue weighted by Gasteiger charge is -2.18. The molecule has 0 fully saturated rings. The Labute approximate surface area is 119 Å². The van der Waals surface area contributed by atoms with E-state index < -0.39 is 13.0 Å². The lowest BCUT2D eigenvalue weighted by atomic mass is 10.1. The number of ether oxygens (including phenoxy) is 1. The Morgan fingerprint density at radius 2 is 2.32 bits per heavy atom. The summed E-state index contributed by atoms with van der Waals surface area (Å²) in [6, 6.07) is -0.193. The van der Waals surface area contributed by atoms with Gasteiger partial charge >= 0.3 is 0 Å². The predicted octanol–water partition coefficient (Wildman–Crippen LogP) is 2.23. The van der Waals surface area contributed by atoms with Crippen LogP contribution in [0.2, 0.25) is 0 Å². The predicted molar refractivity (Wildman–Crippen MR) is 71.7 cm³/mol. The number of halogens is 3. The molecule has 0 bridgehead atoms. The molecule has 1 heterocycles. The number of alkyl halides is 2. The van der Waals surface area contributed by atoms with Crippen molar-refractivity contribution in [2.45, 2.75) is 38.8 Å². The van der Waals surface area contributed by atoms with E-state index in [4.69, 9.17) is 10.6 Å². The highest BCUT2D eigenvalue weighted by Gasteiger charge is 2.19. The summed E-state index contributed by atoms with van der Waals surface area (Å²) in [4.78, 5) is 0. The minimum Gasteiger partial charge on any atom is -0.375 e. The minimum absolute atomic E-state index is 0.193. The van der Waals surface area contributed by atoms with Crippen molar-refractivity contribution in [1.29, 1.82) is 0 Å². The first-order valence-corrected chi connectivity index (χ1v) is 6.92. The Kier molecular flexibility index (Phi) is 7.44. The van der Waals surface area contributed by atoms with Crippen molar-refractivity contribution in [3.05, 3.63) is 16.4 Å². The quantitative estimate of drug-likeness (QED) is 0.411. The van der Waals surface area contributed by atoms with Gasteiger partial charge in [-0.2, -0.15) is 5.10 Å². The molecule has 110 valence electrons. The number of nitrogens with zero attached hydrogens (tertiary/aromatic N) is 2. The van der Waals surface area contributed by atoms with Crippen LogP contribution in [-0.4, -0.2) is 29.4 Å². The monoisotopic (exact) mass is 340 g/mol. The Bertz CT molecular complexity index is 376. The van der Waals surface area contributed by atoms with E-state index in [0.717, 1.165) is 23.1 Å². The van der Waals surface area contributed by atoms with Crippen molar-refractivity contribution in [2.75, 3.05) is 13.2 Å². The molecule has 0 saturated carbocycles. The molecular weight excluding hydrogens is 322 g/mol. The van der Waals surface area contributed by atoms with Crippen LogP contribution < -0.4 is 11.3 Å². The summed E-state index contributed by atoms with van der Waals surface area (Å²) in [5, 5.41) is 4.24. The summed E-state index contributed by atoms with van der Waals surface area (Å²) >= 11 is 3.42. The van der Waals surface area contributed by atoms with Gasteiger partial charge in [0, 0.05) is 13.2 Å². The van der Waals surface area contributed by atoms with Gasteiger partial charge in [-0.25, -0.2) is 8.78 Å². The average molecular weight is 341 g/mol. The third-order valence-corrected chi connectivity index (χ3v) is 3.21. The zero-order valence-corrected chi connectivity index (χ0v) is 12.4. The van der Waals surface area contributed by atoms with E-state index in [2.05, 4.69) is 33.4 Å². The normalized spacial score (nSPS) is 13.2. The summed E-state index contributed by atoms with van der Waals surface area (Å²) in [6.07, 6.45) is 0.703. The molecule has 0 spiro atoms. The fraction of sp³-hybridized carbons (Fsp3) is 0.727. The van der Waals surface area contributed by atoms with E-state index in [-0.39, 0.29) is 12.6 Å². The van der Waals surface area contributed by atoms with Crippen LogP contribution >= 0.6 is 15.9 Å². The van der Waals surface area contributed by atoms with Crippen molar-refractivity contribution < 1.29 is 13.5 Å². The molecule has 3 N–H and O–H groups in total. The average Bonchev–Trinajstić information content (AvgIpc) is 2.72. The Hall–Kier alpha value is -0.570. The van der Waals surface area contributed by atoms with E-state index in [1.54, 1.807) is 6.20 Å². The van der Waals surface area contributed by atoms with Gasteiger partial charge in [-0.05, 0) is 28.8 Å². The Morgan fingerprint density at radius 1 is 1.58 bits per heavy atom. The van der Waals surface area contributed by atoms with Gasteiger partial charge in [0.2, 0.25) is 0 Å². The van der Waals surface area contributed by atoms with Crippen molar-refractivity contribution in [1.82, 2.24) is 15.2 Å². The van der Waals surface area contributed by atoms with Gasteiger partial charge in [-0.3, -0.25) is 16.0 Å². The number of hydrogen-bond donors (Lipinski definition) is 2. The largest absolute Gasteiger partial charge is 0.375 e. The first-order chi connectivity index (χ1) is 9.10. The van der Waals surface area contributed by atoms with E-state index >= 15 is 0 Å². The molecule has 8 heteroatoms. The molecule has 19 heavy (non-hydrogen) atoms. The first-order valence-electron chi connectivity index (χ1n) is 6.13. The molecule has 0 aromatic carbocycles. The molecule has 1 unspecified atom stereocenters. The number of nitrogens with two attached hydrogens (primary N) is 1. The van der Waals surface area contributed by atoms with Crippen LogP contribution in [0.3, 0.4) is 0 Å². The van der Waals surface area contributed by atoms with E-state index in [9.17, 15) is 8.78 Å². The highest BCUT2D eigenvalue weighted by atomic mass is 79.9. The summed E-state index contributed by atoms with van der Waals surface area (Å²) in [6.45, 7) is 2.49. The third-order valence-electron chi connectivity index (χ3n) is 2.59. The Morgan fingerprint density at radius 3 is 2.89 bits per heavy atom. The Balaban J connectivity index is 2.60. The van der Waals surface area contributed by atoms with Crippen molar-refractivity contribution in [3.8, 4) is 0 Å². The number of nitrogens with one attached hydrogen (secondary N) is 1. The van der Waals surface area contributed by atoms with Crippen LogP contribution in [-0.2, 0) is 11.3 Å². The summed E-state index contributed by atoms with van der Waals surface area (Å²) in [5.74, 6) is 5.52. The maximum absolute atomic E-state index is 12.0. The highest BCUT2D eigenvalue weighted by molar-refractivity contribution is 9.10. The summed E-state index contributed by atoms with van der Waals surface area (Å²) < 4.78 is 31.5. The minimum atomic E-state index is -2.44. The van der Waals surface area contributed by atoms with Crippen LogP contribution in [0.5, 0.6) is 0 Å². The number of aryl methyl sites for hydroxylation is 1. The molecule has 1 aromatic rings. The van der Waals surface area contributed by atoms with Gasteiger partial charge in [-0.15, -0.1) is 0 Å². The topological polar surface area (TPSA) is 65.1 Å². The second kappa shape index (κ2) is 8.57. The molecular formula is C11H19BrF2N4O.